The maximum atomic E-state index is 13.7. The molecule has 2 heterocycles. The Morgan fingerprint density at radius 3 is 2.55 bits per heavy atom. The molecular formula is C22H16F4N4O3. The Labute approximate surface area is 184 Å². The maximum Gasteiger partial charge on any atom is 0.573 e. The number of hydrogen-bond donors (Lipinski definition) is 1. The second-order valence-electron chi connectivity index (χ2n) is 6.88. The molecule has 0 bridgehead atoms. The smallest absolute Gasteiger partial charge is 0.406 e. The highest BCUT2D eigenvalue weighted by Crippen LogP contribution is 2.27. The molecular weight excluding hydrogens is 444 g/mol. The number of halogens is 4. The molecule has 0 spiro atoms. The van der Waals surface area contributed by atoms with Crippen molar-refractivity contribution in [3.8, 4) is 28.7 Å². The van der Waals surface area contributed by atoms with Crippen molar-refractivity contribution in [2.24, 2.45) is 0 Å². The Kier molecular flexibility index (Phi) is 6.11. The number of carbonyl (C=O) groups excluding carboxylic acids is 1. The van der Waals surface area contributed by atoms with Crippen molar-refractivity contribution in [3.05, 3.63) is 78.2 Å². The summed E-state index contributed by atoms with van der Waals surface area (Å²) in [7, 11) is 0. The summed E-state index contributed by atoms with van der Waals surface area (Å²) in [6.07, 6.45) is -3.14. The van der Waals surface area contributed by atoms with Gasteiger partial charge in [0.05, 0.1) is 0 Å². The topological polar surface area (TPSA) is 82.2 Å². The molecule has 170 valence electrons. The molecule has 11 heteroatoms. The van der Waals surface area contributed by atoms with Gasteiger partial charge in [0, 0.05) is 23.9 Å². The van der Waals surface area contributed by atoms with Gasteiger partial charge < -0.3 is 19.1 Å². The van der Waals surface area contributed by atoms with Gasteiger partial charge in [-0.05, 0) is 42.5 Å². The molecule has 2 aromatic carbocycles. The zero-order chi connectivity index (χ0) is 23.4. The number of rotatable bonds is 7. The molecule has 0 atom stereocenters. The van der Waals surface area contributed by atoms with Crippen LogP contribution in [0.25, 0.3) is 23.0 Å². The number of amides is 1. The molecule has 1 amide bonds. The van der Waals surface area contributed by atoms with Crippen LogP contribution >= 0.6 is 0 Å². The molecule has 0 radical (unpaired) electrons. The number of alkyl halides is 3. The van der Waals surface area contributed by atoms with Crippen molar-refractivity contribution in [1.82, 2.24) is 20.0 Å². The first-order chi connectivity index (χ1) is 15.8. The fourth-order valence-corrected chi connectivity index (χ4v) is 3.04. The zero-order valence-corrected chi connectivity index (χ0v) is 16.8. The molecule has 33 heavy (non-hydrogen) atoms. The lowest BCUT2D eigenvalue weighted by Crippen LogP contribution is -2.27. The first kappa shape index (κ1) is 22.1. The van der Waals surface area contributed by atoms with E-state index >= 15 is 0 Å². The summed E-state index contributed by atoms with van der Waals surface area (Å²) >= 11 is 0. The van der Waals surface area contributed by atoms with Gasteiger partial charge in [-0.15, -0.1) is 13.2 Å². The van der Waals surface area contributed by atoms with Crippen LogP contribution in [0.1, 0.15) is 5.56 Å². The molecule has 0 saturated heterocycles. The Hall–Kier alpha value is -4.15. The lowest BCUT2D eigenvalue weighted by atomic mass is 10.2. The molecule has 0 saturated carbocycles. The molecule has 4 rings (SSSR count). The number of hydrogen-bond acceptors (Lipinski definition) is 5. The van der Waals surface area contributed by atoms with Crippen LogP contribution in [0.4, 0.5) is 17.6 Å². The second kappa shape index (κ2) is 9.15. The Morgan fingerprint density at radius 2 is 1.82 bits per heavy atom. The van der Waals surface area contributed by atoms with E-state index in [2.05, 4.69) is 20.2 Å². The van der Waals surface area contributed by atoms with Crippen LogP contribution in [0.2, 0.25) is 0 Å². The standard InChI is InChI=1S/C22H16F4N4O3/c23-17-5-2-1-4-15(17)12-27-19(31)13-30-11-3-6-18(30)21-28-20(29-33-21)14-7-9-16(10-8-14)32-22(24,25)26/h1-11H,12-13H2,(H,27,31). The summed E-state index contributed by atoms with van der Waals surface area (Å²) < 4.78 is 61.3. The lowest BCUT2D eigenvalue weighted by Gasteiger charge is -2.09. The monoisotopic (exact) mass is 460 g/mol. The second-order valence-corrected chi connectivity index (χ2v) is 6.88. The summed E-state index contributed by atoms with van der Waals surface area (Å²) in [6, 6.07) is 14.5. The largest absolute Gasteiger partial charge is 0.573 e. The van der Waals surface area contributed by atoms with Gasteiger partial charge in [-0.3, -0.25) is 4.79 Å². The third-order valence-corrected chi connectivity index (χ3v) is 4.57. The van der Waals surface area contributed by atoms with E-state index < -0.39 is 12.2 Å². The summed E-state index contributed by atoms with van der Waals surface area (Å²) in [5.41, 5.74) is 1.25. The van der Waals surface area contributed by atoms with E-state index in [4.69, 9.17) is 4.52 Å². The summed E-state index contributed by atoms with van der Waals surface area (Å²) in [4.78, 5) is 16.6. The van der Waals surface area contributed by atoms with Gasteiger partial charge in [0.1, 0.15) is 23.8 Å². The van der Waals surface area contributed by atoms with Crippen LogP contribution in [-0.4, -0.2) is 27.0 Å². The summed E-state index contributed by atoms with van der Waals surface area (Å²) in [5.74, 6) is -0.857. The van der Waals surface area contributed by atoms with Crippen molar-refractivity contribution in [2.75, 3.05) is 0 Å². The number of ether oxygens (including phenoxy) is 1. The van der Waals surface area contributed by atoms with Gasteiger partial charge in [-0.1, -0.05) is 23.4 Å². The Morgan fingerprint density at radius 1 is 1.06 bits per heavy atom. The van der Waals surface area contributed by atoms with E-state index in [0.29, 0.717) is 16.8 Å². The van der Waals surface area contributed by atoms with Crippen molar-refractivity contribution in [2.45, 2.75) is 19.5 Å². The van der Waals surface area contributed by atoms with Gasteiger partial charge in [0.15, 0.2) is 0 Å². The quantitative estimate of drug-likeness (QED) is 0.409. The summed E-state index contributed by atoms with van der Waals surface area (Å²) in [6.45, 7) is -0.0289. The van der Waals surface area contributed by atoms with E-state index in [0.717, 1.165) is 12.1 Å². The third kappa shape index (κ3) is 5.56. The highest BCUT2D eigenvalue weighted by molar-refractivity contribution is 5.76. The first-order valence-electron chi connectivity index (χ1n) is 9.64. The molecule has 4 aromatic rings. The van der Waals surface area contributed by atoms with E-state index in [1.165, 1.54) is 18.2 Å². The Balaban J connectivity index is 1.43. The molecule has 7 nitrogen and oxygen atoms in total. The zero-order valence-electron chi connectivity index (χ0n) is 16.8. The van der Waals surface area contributed by atoms with Crippen molar-refractivity contribution >= 4 is 5.91 Å². The minimum absolute atomic E-state index is 0.0425. The van der Waals surface area contributed by atoms with E-state index in [-0.39, 0.29) is 36.5 Å². The van der Waals surface area contributed by atoms with Gasteiger partial charge in [-0.2, -0.15) is 4.98 Å². The molecule has 0 aliphatic heterocycles. The maximum absolute atomic E-state index is 13.7. The van der Waals surface area contributed by atoms with E-state index in [1.54, 1.807) is 41.1 Å². The highest BCUT2D eigenvalue weighted by atomic mass is 19.4. The van der Waals surface area contributed by atoms with E-state index in [9.17, 15) is 22.4 Å². The molecule has 0 aliphatic rings. The fourth-order valence-electron chi connectivity index (χ4n) is 3.04. The van der Waals surface area contributed by atoms with Crippen LogP contribution in [0.5, 0.6) is 5.75 Å². The predicted octanol–water partition coefficient (Wildman–Crippen LogP) is 4.56. The highest BCUT2D eigenvalue weighted by Gasteiger charge is 2.31. The average Bonchev–Trinajstić information content (AvgIpc) is 3.42. The fraction of sp³-hybridized carbons (Fsp3) is 0.136. The van der Waals surface area contributed by atoms with Crippen molar-refractivity contribution < 1.29 is 31.6 Å². The van der Waals surface area contributed by atoms with Crippen LogP contribution in [0.3, 0.4) is 0 Å². The van der Waals surface area contributed by atoms with Crippen LogP contribution in [-0.2, 0) is 17.9 Å². The molecule has 1 N–H and O–H groups in total. The Bertz CT molecular complexity index is 1250. The minimum atomic E-state index is -4.78. The molecule has 2 aromatic heterocycles. The van der Waals surface area contributed by atoms with Gasteiger partial charge in [-0.25, -0.2) is 4.39 Å². The third-order valence-electron chi connectivity index (χ3n) is 4.57. The molecule has 0 aliphatic carbocycles. The number of nitrogens with one attached hydrogen (secondary N) is 1. The molecule has 0 fully saturated rings. The number of benzene rings is 2. The number of nitrogens with zero attached hydrogens (tertiary/aromatic N) is 3. The summed E-state index contributed by atoms with van der Waals surface area (Å²) in [5, 5.41) is 6.50. The van der Waals surface area contributed by atoms with Gasteiger partial charge >= 0.3 is 6.36 Å². The number of carbonyl (C=O) groups is 1. The van der Waals surface area contributed by atoms with Crippen LogP contribution in [0.15, 0.2) is 71.4 Å². The van der Waals surface area contributed by atoms with E-state index in [1.807, 2.05) is 0 Å². The minimum Gasteiger partial charge on any atom is -0.406 e. The van der Waals surface area contributed by atoms with Crippen LogP contribution < -0.4 is 10.1 Å². The van der Waals surface area contributed by atoms with Crippen LogP contribution in [0, 0.1) is 5.82 Å². The first-order valence-corrected chi connectivity index (χ1v) is 9.64. The average molecular weight is 460 g/mol. The van der Waals surface area contributed by atoms with Crippen molar-refractivity contribution in [3.63, 3.8) is 0 Å². The van der Waals surface area contributed by atoms with Gasteiger partial charge in [0.25, 0.3) is 5.89 Å². The van der Waals surface area contributed by atoms with Gasteiger partial charge in [0.2, 0.25) is 11.7 Å². The van der Waals surface area contributed by atoms with Crippen molar-refractivity contribution in [1.29, 1.82) is 0 Å². The number of aromatic nitrogens is 3. The normalized spacial score (nSPS) is 11.4. The predicted molar refractivity (Wildman–Crippen MR) is 108 cm³/mol. The lowest BCUT2D eigenvalue weighted by molar-refractivity contribution is -0.274. The SMILES string of the molecule is O=C(Cn1cccc1-c1nc(-c2ccc(OC(F)(F)F)cc2)no1)NCc1ccccc1F. The molecule has 0 unspecified atom stereocenters.